The Balaban J connectivity index is 2.17. The summed E-state index contributed by atoms with van der Waals surface area (Å²) in [6.07, 6.45) is 5.12. The van der Waals surface area contributed by atoms with Gasteiger partial charge in [-0.1, -0.05) is 25.5 Å². The van der Waals surface area contributed by atoms with Gasteiger partial charge in [-0.05, 0) is 48.8 Å². The Hall–Kier alpha value is -1.02. The average molecular weight is 234 g/mol. The normalized spacial score (nSPS) is 23.9. The standard InChI is InChI=1S/C15H22O2/c1-3-11-7-8-15(17-2)13(9-11)10-12-5-4-6-14(12)16/h7-9,12,14,16H,3-6,10H2,1-2H3. The van der Waals surface area contributed by atoms with Crippen molar-refractivity contribution in [3.05, 3.63) is 29.3 Å². The quantitative estimate of drug-likeness (QED) is 0.868. The van der Waals surface area contributed by atoms with E-state index in [9.17, 15) is 5.11 Å². The summed E-state index contributed by atoms with van der Waals surface area (Å²) in [6.45, 7) is 2.16. The van der Waals surface area contributed by atoms with Crippen molar-refractivity contribution >= 4 is 0 Å². The number of ether oxygens (including phenoxy) is 1. The van der Waals surface area contributed by atoms with Crippen molar-refractivity contribution in [2.45, 2.75) is 45.1 Å². The Bertz CT molecular complexity index is 373. The summed E-state index contributed by atoms with van der Waals surface area (Å²) in [5.41, 5.74) is 2.59. The van der Waals surface area contributed by atoms with E-state index in [1.165, 1.54) is 11.1 Å². The molecule has 0 amide bonds. The fourth-order valence-corrected chi connectivity index (χ4v) is 2.75. The molecule has 2 unspecified atom stereocenters. The van der Waals surface area contributed by atoms with E-state index in [-0.39, 0.29) is 6.10 Å². The molecule has 17 heavy (non-hydrogen) atoms. The lowest BCUT2D eigenvalue weighted by atomic mass is 9.94. The minimum Gasteiger partial charge on any atom is -0.496 e. The molecule has 1 aromatic carbocycles. The Morgan fingerprint density at radius 3 is 2.76 bits per heavy atom. The number of hydrogen-bond donors (Lipinski definition) is 1. The molecule has 0 radical (unpaired) electrons. The molecule has 0 spiro atoms. The van der Waals surface area contributed by atoms with Crippen molar-refractivity contribution in [1.82, 2.24) is 0 Å². The summed E-state index contributed by atoms with van der Waals surface area (Å²) >= 11 is 0. The van der Waals surface area contributed by atoms with E-state index in [4.69, 9.17) is 4.74 Å². The zero-order valence-corrected chi connectivity index (χ0v) is 10.8. The first kappa shape index (κ1) is 12.4. The van der Waals surface area contributed by atoms with Crippen LogP contribution >= 0.6 is 0 Å². The third-order valence-electron chi connectivity index (χ3n) is 3.85. The molecule has 0 aromatic heterocycles. The highest BCUT2D eigenvalue weighted by Crippen LogP contribution is 2.32. The lowest BCUT2D eigenvalue weighted by Gasteiger charge is -2.17. The van der Waals surface area contributed by atoms with Crippen molar-refractivity contribution < 1.29 is 9.84 Å². The van der Waals surface area contributed by atoms with E-state index in [0.29, 0.717) is 5.92 Å². The SMILES string of the molecule is CCc1ccc(OC)c(CC2CCCC2O)c1. The lowest BCUT2D eigenvalue weighted by Crippen LogP contribution is -2.16. The number of benzene rings is 1. The van der Waals surface area contributed by atoms with E-state index >= 15 is 0 Å². The zero-order chi connectivity index (χ0) is 12.3. The summed E-state index contributed by atoms with van der Waals surface area (Å²) in [7, 11) is 1.72. The first-order valence-electron chi connectivity index (χ1n) is 6.58. The van der Waals surface area contributed by atoms with Crippen molar-refractivity contribution in [3.8, 4) is 5.75 Å². The minimum atomic E-state index is -0.120. The molecule has 1 aliphatic rings. The molecule has 1 N–H and O–H groups in total. The van der Waals surface area contributed by atoms with Gasteiger partial charge >= 0.3 is 0 Å². The van der Waals surface area contributed by atoms with E-state index in [2.05, 4.69) is 25.1 Å². The molecule has 0 bridgehead atoms. The molecule has 94 valence electrons. The maximum absolute atomic E-state index is 9.90. The highest BCUT2D eigenvalue weighted by atomic mass is 16.5. The second kappa shape index (κ2) is 5.54. The van der Waals surface area contributed by atoms with Gasteiger partial charge in [-0.15, -0.1) is 0 Å². The van der Waals surface area contributed by atoms with Crippen molar-refractivity contribution in [1.29, 1.82) is 0 Å². The molecule has 1 saturated carbocycles. The minimum absolute atomic E-state index is 0.120. The first-order valence-corrected chi connectivity index (χ1v) is 6.58. The van der Waals surface area contributed by atoms with Crippen LogP contribution in [-0.2, 0) is 12.8 Å². The van der Waals surface area contributed by atoms with Gasteiger partial charge in [0.15, 0.2) is 0 Å². The second-order valence-electron chi connectivity index (χ2n) is 4.96. The van der Waals surface area contributed by atoms with Crippen molar-refractivity contribution in [3.63, 3.8) is 0 Å². The van der Waals surface area contributed by atoms with Crippen LogP contribution in [0.3, 0.4) is 0 Å². The number of aliphatic hydroxyl groups excluding tert-OH is 1. The molecule has 0 aliphatic heterocycles. The molecular formula is C15H22O2. The number of aryl methyl sites for hydroxylation is 1. The van der Waals surface area contributed by atoms with Gasteiger partial charge in [-0.25, -0.2) is 0 Å². The molecule has 0 saturated heterocycles. The summed E-state index contributed by atoms with van der Waals surface area (Å²) in [6, 6.07) is 6.40. The third-order valence-corrected chi connectivity index (χ3v) is 3.85. The van der Waals surface area contributed by atoms with Crippen LogP contribution in [0.15, 0.2) is 18.2 Å². The molecule has 1 fully saturated rings. The van der Waals surface area contributed by atoms with Gasteiger partial charge in [0.1, 0.15) is 5.75 Å². The summed E-state index contributed by atoms with van der Waals surface area (Å²) in [5, 5.41) is 9.90. The van der Waals surface area contributed by atoms with Crippen LogP contribution in [0.4, 0.5) is 0 Å². The molecule has 2 rings (SSSR count). The monoisotopic (exact) mass is 234 g/mol. The maximum Gasteiger partial charge on any atom is 0.122 e. The third kappa shape index (κ3) is 2.81. The van der Waals surface area contributed by atoms with E-state index in [1.807, 2.05) is 0 Å². The number of rotatable bonds is 4. The largest absolute Gasteiger partial charge is 0.496 e. The topological polar surface area (TPSA) is 29.5 Å². The van der Waals surface area contributed by atoms with Gasteiger partial charge in [0, 0.05) is 0 Å². The van der Waals surface area contributed by atoms with E-state index in [1.54, 1.807) is 7.11 Å². The summed E-state index contributed by atoms with van der Waals surface area (Å²) in [4.78, 5) is 0. The zero-order valence-electron chi connectivity index (χ0n) is 10.8. The second-order valence-corrected chi connectivity index (χ2v) is 4.96. The molecule has 0 heterocycles. The average Bonchev–Trinajstić information content (AvgIpc) is 2.75. The first-order chi connectivity index (χ1) is 8.24. The molecule has 2 nitrogen and oxygen atoms in total. The molecule has 2 atom stereocenters. The highest BCUT2D eigenvalue weighted by molar-refractivity contribution is 5.37. The van der Waals surface area contributed by atoms with Gasteiger partial charge in [0.2, 0.25) is 0 Å². The lowest BCUT2D eigenvalue weighted by molar-refractivity contribution is 0.132. The van der Waals surface area contributed by atoms with Gasteiger partial charge in [-0.2, -0.15) is 0 Å². The van der Waals surface area contributed by atoms with Crippen LogP contribution in [0.1, 0.15) is 37.3 Å². The van der Waals surface area contributed by atoms with E-state index in [0.717, 1.165) is 37.9 Å². The van der Waals surface area contributed by atoms with Crippen LogP contribution in [-0.4, -0.2) is 18.3 Å². The maximum atomic E-state index is 9.90. The molecule has 1 aliphatic carbocycles. The summed E-state index contributed by atoms with van der Waals surface area (Å²) in [5.74, 6) is 1.37. The molecule has 2 heteroatoms. The Morgan fingerprint density at radius 2 is 2.18 bits per heavy atom. The Morgan fingerprint density at radius 1 is 1.35 bits per heavy atom. The Labute approximate surface area is 104 Å². The van der Waals surface area contributed by atoms with Gasteiger partial charge in [0.05, 0.1) is 13.2 Å². The van der Waals surface area contributed by atoms with Crippen molar-refractivity contribution in [2.75, 3.05) is 7.11 Å². The molecule has 1 aromatic rings. The predicted molar refractivity (Wildman–Crippen MR) is 69.4 cm³/mol. The summed E-state index contributed by atoms with van der Waals surface area (Å²) < 4.78 is 5.41. The smallest absolute Gasteiger partial charge is 0.122 e. The number of methoxy groups -OCH3 is 1. The van der Waals surface area contributed by atoms with Gasteiger partial charge in [-0.3, -0.25) is 0 Å². The molecular weight excluding hydrogens is 212 g/mol. The van der Waals surface area contributed by atoms with E-state index < -0.39 is 0 Å². The predicted octanol–water partition coefficient (Wildman–Crippen LogP) is 2.96. The van der Waals surface area contributed by atoms with Gasteiger partial charge in [0.25, 0.3) is 0 Å². The van der Waals surface area contributed by atoms with Crippen LogP contribution < -0.4 is 4.74 Å². The van der Waals surface area contributed by atoms with Crippen LogP contribution in [0.2, 0.25) is 0 Å². The Kier molecular flexibility index (Phi) is 4.06. The number of hydrogen-bond acceptors (Lipinski definition) is 2. The van der Waals surface area contributed by atoms with Crippen LogP contribution in [0.5, 0.6) is 5.75 Å². The number of aliphatic hydroxyl groups is 1. The van der Waals surface area contributed by atoms with Gasteiger partial charge < -0.3 is 9.84 Å². The highest BCUT2D eigenvalue weighted by Gasteiger charge is 2.26. The fourth-order valence-electron chi connectivity index (χ4n) is 2.75. The van der Waals surface area contributed by atoms with Crippen LogP contribution in [0, 0.1) is 5.92 Å². The van der Waals surface area contributed by atoms with Crippen LogP contribution in [0.25, 0.3) is 0 Å². The fraction of sp³-hybridized carbons (Fsp3) is 0.600. The van der Waals surface area contributed by atoms with Crippen molar-refractivity contribution in [2.24, 2.45) is 5.92 Å².